The number of rotatable bonds is 5. The summed E-state index contributed by atoms with van der Waals surface area (Å²) in [6.45, 7) is 3.39. The Balaban J connectivity index is 2.15. The van der Waals surface area contributed by atoms with Crippen LogP contribution in [0.15, 0.2) is 36.1 Å². The second kappa shape index (κ2) is 6.98. The van der Waals surface area contributed by atoms with Gasteiger partial charge in [0.2, 0.25) is 0 Å². The molecule has 1 atom stereocenters. The summed E-state index contributed by atoms with van der Waals surface area (Å²) < 4.78 is 43.9. The highest BCUT2D eigenvalue weighted by atomic mass is 19.4. The third-order valence-corrected chi connectivity index (χ3v) is 3.45. The van der Waals surface area contributed by atoms with Crippen LogP contribution in [-0.4, -0.2) is 19.2 Å². The first kappa shape index (κ1) is 15.9. The highest BCUT2D eigenvalue weighted by Gasteiger charge is 2.30. The molecular formula is C16H20F3NO. The largest absolute Gasteiger partial charge is 0.497 e. The maximum absolute atomic E-state index is 12.8. The molecule has 0 aliphatic carbocycles. The summed E-state index contributed by atoms with van der Waals surface area (Å²) in [7, 11) is 0. The Bertz CT molecular complexity index is 497. The van der Waals surface area contributed by atoms with Crippen LogP contribution in [-0.2, 0) is 17.3 Å². The quantitative estimate of drug-likeness (QED) is 0.889. The fraction of sp³-hybridized carbons (Fsp3) is 0.500. The van der Waals surface area contributed by atoms with Crippen molar-refractivity contribution in [3.8, 4) is 0 Å². The molecule has 1 unspecified atom stereocenters. The minimum Gasteiger partial charge on any atom is -0.497 e. The van der Waals surface area contributed by atoms with Gasteiger partial charge in [0.05, 0.1) is 18.2 Å². The molecule has 1 heterocycles. The van der Waals surface area contributed by atoms with E-state index in [4.69, 9.17) is 4.74 Å². The van der Waals surface area contributed by atoms with E-state index in [0.29, 0.717) is 18.6 Å². The SMILES string of the molecule is CCNC(Cc1cccc(C(F)(F)F)c1)C1=CCCCO1. The normalized spacial score (nSPS) is 17.0. The highest BCUT2D eigenvalue weighted by molar-refractivity contribution is 5.27. The van der Waals surface area contributed by atoms with Gasteiger partial charge in [0.1, 0.15) is 5.76 Å². The molecule has 0 saturated carbocycles. The van der Waals surface area contributed by atoms with Gasteiger partial charge in [-0.05, 0) is 43.5 Å². The van der Waals surface area contributed by atoms with Gasteiger partial charge in [0, 0.05) is 0 Å². The van der Waals surface area contributed by atoms with Crippen LogP contribution in [0.2, 0.25) is 0 Å². The summed E-state index contributed by atoms with van der Waals surface area (Å²) in [5, 5.41) is 3.28. The van der Waals surface area contributed by atoms with E-state index in [1.807, 2.05) is 13.0 Å². The Labute approximate surface area is 123 Å². The van der Waals surface area contributed by atoms with Crippen LogP contribution in [0.5, 0.6) is 0 Å². The molecular weight excluding hydrogens is 279 g/mol. The maximum atomic E-state index is 12.8. The number of alkyl halides is 3. The van der Waals surface area contributed by atoms with Crippen molar-refractivity contribution in [2.24, 2.45) is 0 Å². The molecule has 0 saturated heterocycles. The smallest absolute Gasteiger partial charge is 0.416 e. The lowest BCUT2D eigenvalue weighted by atomic mass is 10.0. The predicted octanol–water partition coefficient (Wildman–Crippen LogP) is 3.92. The zero-order valence-corrected chi connectivity index (χ0v) is 12.0. The zero-order chi connectivity index (χ0) is 15.3. The van der Waals surface area contributed by atoms with Crippen LogP contribution in [0.1, 0.15) is 30.9 Å². The number of hydrogen-bond donors (Lipinski definition) is 1. The van der Waals surface area contributed by atoms with Gasteiger partial charge < -0.3 is 10.1 Å². The molecule has 21 heavy (non-hydrogen) atoms. The summed E-state index contributed by atoms with van der Waals surface area (Å²) >= 11 is 0. The molecule has 0 aromatic heterocycles. The molecule has 1 aliphatic rings. The van der Waals surface area contributed by atoms with Gasteiger partial charge in [0.25, 0.3) is 0 Å². The van der Waals surface area contributed by atoms with Crippen molar-refractivity contribution in [1.82, 2.24) is 5.32 Å². The van der Waals surface area contributed by atoms with E-state index in [1.165, 1.54) is 12.1 Å². The molecule has 1 aliphatic heterocycles. The fourth-order valence-corrected chi connectivity index (χ4v) is 2.45. The first-order valence-corrected chi connectivity index (χ1v) is 7.23. The van der Waals surface area contributed by atoms with Crippen LogP contribution in [0.3, 0.4) is 0 Å². The molecule has 116 valence electrons. The molecule has 1 aromatic rings. The number of allylic oxidation sites excluding steroid dienone is 1. The third kappa shape index (κ3) is 4.49. The average Bonchev–Trinajstić information content (AvgIpc) is 2.47. The Morgan fingerprint density at radius 3 is 2.76 bits per heavy atom. The van der Waals surface area contributed by atoms with E-state index in [2.05, 4.69) is 5.32 Å². The summed E-state index contributed by atoms with van der Waals surface area (Å²) in [6, 6.07) is 5.43. The van der Waals surface area contributed by atoms with Crippen molar-refractivity contribution in [1.29, 1.82) is 0 Å². The highest BCUT2D eigenvalue weighted by Crippen LogP contribution is 2.30. The van der Waals surface area contributed by atoms with Crippen molar-refractivity contribution >= 4 is 0 Å². The molecule has 0 spiro atoms. The van der Waals surface area contributed by atoms with Crippen LogP contribution in [0.25, 0.3) is 0 Å². The van der Waals surface area contributed by atoms with E-state index in [9.17, 15) is 13.2 Å². The van der Waals surface area contributed by atoms with Crippen molar-refractivity contribution in [3.05, 3.63) is 47.2 Å². The van der Waals surface area contributed by atoms with E-state index in [0.717, 1.165) is 31.2 Å². The summed E-state index contributed by atoms with van der Waals surface area (Å²) in [5.74, 6) is 0.848. The van der Waals surface area contributed by atoms with Crippen LogP contribution in [0.4, 0.5) is 13.2 Å². The van der Waals surface area contributed by atoms with E-state index < -0.39 is 11.7 Å². The molecule has 1 aromatic carbocycles. The van der Waals surface area contributed by atoms with Gasteiger partial charge in [-0.3, -0.25) is 0 Å². The fourth-order valence-electron chi connectivity index (χ4n) is 2.45. The molecule has 0 bridgehead atoms. The summed E-state index contributed by atoms with van der Waals surface area (Å²) in [6.07, 6.45) is 0.171. The van der Waals surface area contributed by atoms with E-state index >= 15 is 0 Å². The van der Waals surface area contributed by atoms with Crippen molar-refractivity contribution in [2.75, 3.05) is 13.2 Å². The molecule has 0 amide bonds. The van der Waals surface area contributed by atoms with Crippen molar-refractivity contribution < 1.29 is 17.9 Å². The lowest BCUT2D eigenvalue weighted by Gasteiger charge is -2.24. The van der Waals surface area contributed by atoms with Gasteiger partial charge in [-0.25, -0.2) is 0 Å². The monoisotopic (exact) mass is 299 g/mol. The number of benzene rings is 1. The minimum atomic E-state index is -4.30. The second-order valence-electron chi connectivity index (χ2n) is 5.11. The van der Waals surface area contributed by atoms with Gasteiger partial charge >= 0.3 is 6.18 Å². The van der Waals surface area contributed by atoms with E-state index in [1.54, 1.807) is 6.07 Å². The zero-order valence-electron chi connectivity index (χ0n) is 12.0. The van der Waals surface area contributed by atoms with Crippen LogP contribution < -0.4 is 5.32 Å². The number of ether oxygens (including phenoxy) is 1. The second-order valence-corrected chi connectivity index (χ2v) is 5.11. The van der Waals surface area contributed by atoms with Crippen LogP contribution in [0, 0.1) is 0 Å². The summed E-state index contributed by atoms with van der Waals surface area (Å²) in [4.78, 5) is 0. The predicted molar refractivity (Wildman–Crippen MR) is 75.9 cm³/mol. The standard InChI is InChI=1S/C16H20F3NO/c1-2-20-14(15-8-3-4-9-21-15)11-12-6-5-7-13(10-12)16(17,18)19/h5-8,10,14,20H,2-4,9,11H2,1H3. The number of likely N-dealkylation sites (N-methyl/N-ethyl adjacent to an activating group) is 1. The number of nitrogens with one attached hydrogen (secondary N) is 1. The molecule has 0 fully saturated rings. The third-order valence-electron chi connectivity index (χ3n) is 3.45. The van der Waals surface area contributed by atoms with Gasteiger partial charge in [-0.2, -0.15) is 13.2 Å². The lowest BCUT2D eigenvalue weighted by Crippen LogP contribution is -2.34. The van der Waals surface area contributed by atoms with Crippen molar-refractivity contribution in [2.45, 2.75) is 38.4 Å². The number of hydrogen-bond acceptors (Lipinski definition) is 2. The van der Waals surface area contributed by atoms with Gasteiger partial charge in [-0.15, -0.1) is 0 Å². The maximum Gasteiger partial charge on any atom is 0.416 e. The molecule has 1 N–H and O–H groups in total. The molecule has 2 nitrogen and oxygen atoms in total. The Kier molecular flexibility index (Phi) is 5.28. The first-order chi connectivity index (χ1) is 10.0. The molecule has 2 rings (SSSR count). The van der Waals surface area contributed by atoms with Crippen molar-refractivity contribution in [3.63, 3.8) is 0 Å². The Morgan fingerprint density at radius 1 is 1.33 bits per heavy atom. The molecule has 5 heteroatoms. The van der Waals surface area contributed by atoms with Gasteiger partial charge in [-0.1, -0.05) is 25.1 Å². The molecule has 0 radical (unpaired) electrons. The van der Waals surface area contributed by atoms with E-state index in [-0.39, 0.29) is 6.04 Å². The number of halogens is 3. The Morgan fingerprint density at radius 2 is 2.14 bits per heavy atom. The Hall–Kier alpha value is -1.49. The summed E-state index contributed by atoms with van der Waals surface area (Å²) in [5.41, 5.74) is 0.0552. The van der Waals surface area contributed by atoms with Gasteiger partial charge in [0.15, 0.2) is 0 Å². The minimum absolute atomic E-state index is 0.0706. The lowest BCUT2D eigenvalue weighted by molar-refractivity contribution is -0.137. The average molecular weight is 299 g/mol. The van der Waals surface area contributed by atoms with Crippen LogP contribution >= 0.6 is 0 Å². The first-order valence-electron chi connectivity index (χ1n) is 7.23. The topological polar surface area (TPSA) is 21.3 Å².